The Morgan fingerprint density at radius 2 is 1.21 bits per heavy atom. The highest BCUT2D eigenvalue weighted by atomic mass is 28.2. The first-order valence-electron chi connectivity index (χ1n) is 8.47. The molecule has 0 heterocycles. The van der Waals surface area contributed by atoms with Gasteiger partial charge in [0.05, 0.1) is 9.52 Å². The van der Waals surface area contributed by atoms with E-state index in [0.29, 0.717) is 0 Å². The van der Waals surface area contributed by atoms with E-state index in [1.54, 1.807) is 5.19 Å². The molecule has 0 atom stereocenters. The van der Waals surface area contributed by atoms with Crippen LogP contribution in [0.5, 0.6) is 0 Å². The molecule has 0 aliphatic rings. The molecule has 1 rings (SSSR count). The van der Waals surface area contributed by atoms with Crippen molar-refractivity contribution in [1.29, 1.82) is 0 Å². The maximum Gasteiger partial charge on any atom is 0.0547 e. The molecular weight excluding hydrogens is 244 g/mol. The summed E-state index contributed by atoms with van der Waals surface area (Å²) in [5.74, 6) is 0. The van der Waals surface area contributed by atoms with E-state index in [1.165, 1.54) is 70.3 Å². The molecule has 0 radical (unpaired) electrons. The fourth-order valence-electron chi connectivity index (χ4n) is 2.64. The molecule has 0 unspecified atom stereocenters. The minimum Gasteiger partial charge on any atom is -0.0669 e. The summed E-state index contributed by atoms with van der Waals surface area (Å²) in [4.78, 5) is 0. The van der Waals surface area contributed by atoms with Crippen LogP contribution in [-0.2, 0) is 0 Å². The maximum absolute atomic E-state index is 2.31. The van der Waals surface area contributed by atoms with E-state index < -0.39 is 0 Å². The first-order chi connectivity index (χ1) is 9.43. The van der Waals surface area contributed by atoms with Gasteiger partial charge in [-0.25, -0.2) is 0 Å². The lowest BCUT2D eigenvalue weighted by Crippen LogP contribution is -2.12. The van der Waals surface area contributed by atoms with Gasteiger partial charge in [0.1, 0.15) is 0 Å². The van der Waals surface area contributed by atoms with Crippen molar-refractivity contribution in [2.45, 2.75) is 77.2 Å². The van der Waals surface area contributed by atoms with Gasteiger partial charge in [0.2, 0.25) is 0 Å². The lowest BCUT2D eigenvalue weighted by atomic mass is 10.1. The first-order valence-corrected chi connectivity index (χ1v) is 10.2. The predicted octanol–water partition coefficient (Wildman–Crippen LogP) is 4.82. The number of benzene rings is 1. The average molecular weight is 277 g/mol. The summed E-state index contributed by atoms with van der Waals surface area (Å²) in [6.07, 6.45) is 14.5. The second-order valence-corrected chi connectivity index (χ2v) is 7.79. The molecule has 0 nitrogen and oxygen atoms in total. The Labute approximate surface area is 122 Å². The van der Waals surface area contributed by atoms with Gasteiger partial charge in [0.15, 0.2) is 0 Å². The van der Waals surface area contributed by atoms with Crippen LogP contribution < -0.4 is 5.19 Å². The molecule has 0 aliphatic heterocycles. The van der Waals surface area contributed by atoms with Gasteiger partial charge in [0.25, 0.3) is 0 Å². The van der Waals surface area contributed by atoms with Crippen LogP contribution in [0.15, 0.2) is 30.3 Å². The fourth-order valence-corrected chi connectivity index (χ4v) is 4.26. The van der Waals surface area contributed by atoms with Gasteiger partial charge >= 0.3 is 0 Å². The van der Waals surface area contributed by atoms with Crippen molar-refractivity contribution >= 4 is 14.7 Å². The van der Waals surface area contributed by atoms with Gasteiger partial charge in [0, 0.05) is 0 Å². The molecule has 1 aromatic rings. The molecular formula is C18H32Si. The highest BCUT2D eigenvalue weighted by Gasteiger charge is 1.95. The van der Waals surface area contributed by atoms with E-state index in [2.05, 4.69) is 37.3 Å². The van der Waals surface area contributed by atoms with E-state index in [0.717, 1.165) is 0 Å². The Kier molecular flexibility index (Phi) is 10.8. The highest BCUT2D eigenvalue weighted by molar-refractivity contribution is 6.53. The highest BCUT2D eigenvalue weighted by Crippen LogP contribution is 2.11. The number of unbranched alkanes of at least 4 members (excludes halogenated alkanes) is 9. The molecule has 0 aromatic heterocycles. The minimum atomic E-state index is 0.0350. The van der Waals surface area contributed by atoms with E-state index in [-0.39, 0.29) is 9.52 Å². The summed E-state index contributed by atoms with van der Waals surface area (Å²) in [7, 11) is 0.0350. The number of rotatable bonds is 12. The predicted molar refractivity (Wildman–Crippen MR) is 91.3 cm³/mol. The molecule has 0 aliphatic carbocycles. The average Bonchev–Trinajstić information content (AvgIpc) is 2.46. The number of hydrogen-bond donors (Lipinski definition) is 0. The first kappa shape index (κ1) is 16.5. The van der Waals surface area contributed by atoms with Crippen molar-refractivity contribution in [3.8, 4) is 0 Å². The van der Waals surface area contributed by atoms with Gasteiger partial charge in [-0.2, -0.15) is 0 Å². The van der Waals surface area contributed by atoms with Crippen molar-refractivity contribution < 1.29 is 0 Å². The van der Waals surface area contributed by atoms with Crippen LogP contribution in [-0.4, -0.2) is 9.52 Å². The monoisotopic (exact) mass is 276 g/mol. The van der Waals surface area contributed by atoms with Crippen LogP contribution in [0.3, 0.4) is 0 Å². The Morgan fingerprint density at radius 3 is 1.79 bits per heavy atom. The van der Waals surface area contributed by atoms with Gasteiger partial charge in [-0.05, 0) is 0 Å². The fraction of sp³-hybridized carbons (Fsp3) is 0.667. The Balaban J connectivity index is 1.79. The molecule has 1 aromatic carbocycles. The van der Waals surface area contributed by atoms with Crippen molar-refractivity contribution in [2.24, 2.45) is 0 Å². The SMILES string of the molecule is CCCCCCCCCCCC[SiH2]c1ccccc1. The lowest BCUT2D eigenvalue weighted by Gasteiger charge is -2.02. The molecule has 0 amide bonds. The normalized spacial score (nSPS) is 11.4. The Bertz CT molecular complexity index is 281. The molecule has 108 valence electrons. The van der Waals surface area contributed by atoms with Crippen LogP contribution in [0, 0.1) is 0 Å². The second-order valence-electron chi connectivity index (χ2n) is 5.77. The molecule has 0 spiro atoms. The smallest absolute Gasteiger partial charge is 0.0547 e. The summed E-state index contributed by atoms with van der Waals surface area (Å²) in [5, 5.41) is 1.64. The molecule has 0 bridgehead atoms. The molecule has 0 fully saturated rings. The summed E-state index contributed by atoms with van der Waals surface area (Å²) >= 11 is 0. The standard InChI is InChI=1S/C18H32Si/c1-2-3-4-5-6-7-8-9-10-14-17-19-18-15-12-11-13-16-18/h11-13,15-16H,2-10,14,17,19H2,1H3. The summed E-state index contributed by atoms with van der Waals surface area (Å²) < 4.78 is 0. The third-order valence-electron chi connectivity index (χ3n) is 3.91. The van der Waals surface area contributed by atoms with Crippen LogP contribution in [0.4, 0.5) is 0 Å². The van der Waals surface area contributed by atoms with Crippen molar-refractivity contribution in [3.05, 3.63) is 30.3 Å². The summed E-state index contributed by atoms with van der Waals surface area (Å²) in [5.41, 5.74) is 0. The third-order valence-corrected chi connectivity index (χ3v) is 5.81. The minimum absolute atomic E-state index is 0.0350. The second kappa shape index (κ2) is 12.5. The van der Waals surface area contributed by atoms with Crippen molar-refractivity contribution in [1.82, 2.24) is 0 Å². The van der Waals surface area contributed by atoms with Gasteiger partial charge < -0.3 is 0 Å². The van der Waals surface area contributed by atoms with Crippen LogP contribution in [0.1, 0.15) is 71.1 Å². The topological polar surface area (TPSA) is 0 Å². The zero-order valence-electron chi connectivity index (χ0n) is 12.9. The van der Waals surface area contributed by atoms with Crippen molar-refractivity contribution in [2.75, 3.05) is 0 Å². The van der Waals surface area contributed by atoms with E-state index >= 15 is 0 Å². The lowest BCUT2D eigenvalue weighted by molar-refractivity contribution is 0.562. The van der Waals surface area contributed by atoms with E-state index in [9.17, 15) is 0 Å². The molecule has 0 N–H and O–H groups in total. The molecule has 0 saturated heterocycles. The largest absolute Gasteiger partial charge is 0.0669 e. The quantitative estimate of drug-likeness (QED) is 0.379. The maximum atomic E-state index is 2.31. The summed E-state index contributed by atoms with van der Waals surface area (Å²) in [6.45, 7) is 2.29. The zero-order valence-corrected chi connectivity index (χ0v) is 14.3. The van der Waals surface area contributed by atoms with Crippen molar-refractivity contribution in [3.63, 3.8) is 0 Å². The van der Waals surface area contributed by atoms with Crippen LogP contribution >= 0.6 is 0 Å². The van der Waals surface area contributed by atoms with Crippen LogP contribution in [0.25, 0.3) is 0 Å². The molecule has 19 heavy (non-hydrogen) atoms. The van der Waals surface area contributed by atoms with Gasteiger partial charge in [-0.3, -0.25) is 0 Å². The molecule has 0 saturated carbocycles. The van der Waals surface area contributed by atoms with E-state index in [4.69, 9.17) is 0 Å². The zero-order chi connectivity index (χ0) is 13.6. The number of hydrogen-bond acceptors (Lipinski definition) is 0. The van der Waals surface area contributed by atoms with Gasteiger partial charge in [-0.1, -0.05) is 113 Å². The molecule has 1 heteroatoms. The Hall–Kier alpha value is -0.563. The van der Waals surface area contributed by atoms with Crippen LogP contribution in [0.2, 0.25) is 6.04 Å². The third kappa shape index (κ3) is 9.95. The summed E-state index contributed by atoms with van der Waals surface area (Å²) in [6, 6.07) is 12.6. The Morgan fingerprint density at radius 1 is 0.684 bits per heavy atom. The van der Waals surface area contributed by atoms with E-state index in [1.807, 2.05) is 0 Å². The van der Waals surface area contributed by atoms with Gasteiger partial charge in [-0.15, -0.1) is 0 Å².